The van der Waals surface area contributed by atoms with Crippen LogP contribution in [-0.4, -0.2) is 31.0 Å². The maximum Gasteiger partial charge on any atom is 0.154 e. The van der Waals surface area contributed by atoms with Gasteiger partial charge in [-0.25, -0.2) is 4.98 Å². The van der Waals surface area contributed by atoms with Crippen LogP contribution in [0.3, 0.4) is 0 Å². The molecule has 3 aromatic heterocycles. The molecule has 106 valence electrons. The van der Waals surface area contributed by atoms with Gasteiger partial charge in [0.05, 0.1) is 16.3 Å². The van der Waals surface area contributed by atoms with Gasteiger partial charge < -0.3 is 5.11 Å². The highest BCUT2D eigenvalue weighted by Gasteiger charge is 2.13. The molecular formula is C15H14N4OS. The Balaban J connectivity index is 2.03. The third-order valence-corrected chi connectivity index (χ3v) is 3.95. The van der Waals surface area contributed by atoms with Gasteiger partial charge in [0.15, 0.2) is 5.82 Å². The molecule has 0 aliphatic heterocycles. The van der Waals surface area contributed by atoms with Crippen molar-refractivity contribution in [3.63, 3.8) is 0 Å². The molecule has 0 aliphatic rings. The van der Waals surface area contributed by atoms with Gasteiger partial charge in [-0.3, -0.25) is 9.25 Å². The minimum atomic E-state index is -0.130. The van der Waals surface area contributed by atoms with Gasteiger partial charge >= 0.3 is 0 Å². The summed E-state index contributed by atoms with van der Waals surface area (Å²) in [5.41, 5.74) is 2.86. The van der Waals surface area contributed by atoms with E-state index in [0.29, 0.717) is 0 Å². The highest BCUT2D eigenvalue weighted by atomic mass is 32.1. The topological polar surface area (TPSA) is 55.9 Å². The standard InChI is InChI=1S/C15H14N4OS/c1-11-13(9-18(2)17-11)19-6-5-16-15(19)14-8-12(10-21-14)4-3-7-20/h5-6,8-10,20H,7H2,1-2H3. The minimum absolute atomic E-state index is 0.130. The maximum absolute atomic E-state index is 8.75. The molecule has 0 amide bonds. The van der Waals surface area contributed by atoms with Crippen LogP contribution in [0.1, 0.15) is 11.3 Å². The summed E-state index contributed by atoms with van der Waals surface area (Å²) in [5, 5.41) is 15.1. The van der Waals surface area contributed by atoms with E-state index in [0.717, 1.165) is 27.6 Å². The zero-order valence-corrected chi connectivity index (χ0v) is 12.6. The first kappa shape index (κ1) is 13.6. The van der Waals surface area contributed by atoms with E-state index in [4.69, 9.17) is 5.11 Å². The predicted octanol–water partition coefficient (Wildman–Crippen LogP) is 1.99. The SMILES string of the molecule is Cc1nn(C)cc1-n1ccnc1-c1cc(C#CCO)cs1. The third kappa shape index (κ3) is 2.61. The van der Waals surface area contributed by atoms with Crippen molar-refractivity contribution in [1.29, 1.82) is 0 Å². The smallest absolute Gasteiger partial charge is 0.154 e. The van der Waals surface area contributed by atoms with Gasteiger partial charge in [0, 0.05) is 36.6 Å². The molecule has 5 nitrogen and oxygen atoms in total. The molecule has 21 heavy (non-hydrogen) atoms. The number of aryl methyl sites for hydroxylation is 2. The van der Waals surface area contributed by atoms with Crippen molar-refractivity contribution in [2.45, 2.75) is 6.92 Å². The zero-order valence-electron chi connectivity index (χ0n) is 11.7. The fraction of sp³-hybridized carbons (Fsp3) is 0.200. The zero-order chi connectivity index (χ0) is 14.8. The monoisotopic (exact) mass is 298 g/mol. The van der Waals surface area contributed by atoms with E-state index in [1.54, 1.807) is 22.2 Å². The number of aliphatic hydroxyl groups excluding tert-OH is 1. The van der Waals surface area contributed by atoms with Crippen LogP contribution in [0.5, 0.6) is 0 Å². The first-order valence-corrected chi connectivity index (χ1v) is 7.29. The summed E-state index contributed by atoms with van der Waals surface area (Å²) in [7, 11) is 1.90. The molecule has 3 aromatic rings. The van der Waals surface area contributed by atoms with Crippen LogP contribution in [0.4, 0.5) is 0 Å². The predicted molar refractivity (Wildman–Crippen MR) is 82.3 cm³/mol. The van der Waals surface area contributed by atoms with E-state index in [9.17, 15) is 0 Å². The number of thiophene rings is 1. The van der Waals surface area contributed by atoms with E-state index in [-0.39, 0.29) is 6.61 Å². The number of hydrogen-bond acceptors (Lipinski definition) is 4. The van der Waals surface area contributed by atoms with Crippen LogP contribution < -0.4 is 0 Å². The second-order valence-corrected chi connectivity index (χ2v) is 5.47. The van der Waals surface area contributed by atoms with Crippen LogP contribution in [0.2, 0.25) is 0 Å². The highest BCUT2D eigenvalue weighted by molar-refractivity contribution is 7.13. The lowest BCUT2D eigenvalue weighted by Gasteiger charge is -2.04. The van der Waals surface area contributed by atoms with Crippen molar-refractivity contribution in [3.8, 4) is 28.2 Å². The lowest BCUT2D eigenvalue weighted by molar-refractivity contribution is 0.350. The Hall–Kier alpha value is -2.36. The van der Waals surface area contributed by atoms with Crippen molar-refractivity contribution in [2.75, 3.05) is 6.61 Å². The van der Waals surface area contributed by atoms with Crippen molar-refractivity contribution in [2.24, 2.45) is 7.05 Å². The molecule has 0 aromatic carbocycles. The molecule has 1 N–H and O–H groups in total. The van der Waals surface area contributed by atoms with Crippen LogP contribution in [-0.2, 0) is 7.05 Å². The number of hydrogen-bond donors (Lipinski definition) is 1. The van der Waals surface area contributed by atoms with Gasteiger partial charge in [0.1, 0.15) is 6.61 Å². The fourth-order valence-corrected chi connectivity index (χ4v) is 3.00. The summed E-state index contributed by atoms with van der Waals surface area (Å²) < 4.78 is 3.82. The molecule has 0 bridgehead atoms. The van der Waals surface area contributed by atoms with Gasteiger partial charge in [-0.15, -0.1) is 11.3 Å². The van der Waals surface area contributed by atoms with Crippen molar-refractivity contribution in [3.05, 3.63) is 41.3 Å². The minimum Gasteiger partial charge on any atom is -0.384 e. The average Bonchev–Trinajstić information content (AvgIpc) is 3.15. The second-order valence-electron chi connectivity index (χ2n) is 4.55. The van der Waals surface area contributed by atoms with Crippen LogP contribution in [0.25, 0.3) is 16.4 Å². The molecule has 0 spiro atoms. The second kappa shape index (κ2) is 5.56. The summed E-state index contributed by atoms with van der Waals surface area (Å²) in [6, 6.07) is 1.98. The normalized spacial score (nSPS) is 10.4. The van der Waals surface area contributed by atoms with Gasteiger partial charge in [0.2, 0.25) is 0 Å². The quantitative estimate of drug-likeness (QED) is 0.736. The Morgan fingerprint density at radius 2 is 2.29 bits per heavy atom. The lowest BCUT2D eigenvalue weighted by atomic mass is 10.3. The Morgan fingerprint density at radius 3 is 3.00 bits per heavy atom. The Morgan fingerprint density at radius 1 is 1.43 bits per heavy atom. The number of imidazole rings is 1. The largest absolute Gasteiger partial charge is 0.384 e. The van der Waals surface area contributed by atoms with E-state index in [2.05, 4.69) is 21.9 Å². The molecule has 0 aliphatic carbocycles. The molecule has 0 saturated carbocycles. The van der Waals surface area contributed by atoms with Gasteiger partial charge in [-0.2, -0.15) is 5.10 Å². The van der Waals surface area contributed by atoms with E-state index < -0.39 is 0 Å². The summed E-state index contributed by atoms with van der Waals surface area (Å²) >= 11 is 1.58. The molecule has 0 unspecified atom stereocenters. The highest BCUT2D eigenvalue weighted by Crippen LogP contribution is 2.28. The van der Waals surface area contributed by atoms with E-state index >= 15 is 0 Å². The van der Waals surface area contributed by atoms with Gasteiger partial charge in [-0.05, 0) is 13.0 Å². The number of aromatic nitrogens is 4. The van der Waals surface area contributed by atoms with Crippen LogP contribution >= 0.6 is 11.3 Å². The molecule has 0 radical (unpaired) electrons. The van der Waals surface area contributed by atoms with Crippen LogP contribution in [0, 0.1) is 18.8 Å². The molecule has 0 saturated heterocycles. The van der Waals surface area contributed by atoms with E-state index in [1.807, 2.05) is 42.4 Å². The Kier molecular flexibility index (Phi) is 3.60. The van der Waals surface area contributed by atoms with Crippen molar-refractivity contribution < 1.29 is 5.11 Å². The first-order chi connectivity index (χ1) is 10.2. The molecule has 3 rings (SSSR count). The summed E-state index contributed by atoms with van der Waals surface area (Å²) in [6.45, 7) is 1.85. The molecule has 6 heteroatoms. The molecular weight excluding hydrogens is 284 g/mol. The maximum atomic E-state index is 8.75. The first-order valence-electron chi connectivity index (χ1n) is 6.41. The molecule has 3 heterocycles. The van der Waals surface area contributed by atoms with E-state index in [1.165, 1.54) is 0 Å². The van der Waals surface area contributed by atoms with Crippen LogP contribution in [0.15, 0.2) is 30.0 Å². The number of aliphatic hydroxyl groups is 1. The summed E-state index contributed by atoms with van der Waals surface area (Å²) in [5.74, 6) is 6.43. The Bertz CT molecular complexity index is 831. The fourth-order valence-electron chi connectivity index (χ4n) is 2.16. The Labute approximate surface area is 126 Å². The summed E-state index contributed by atoms with van der Waals surface area (Å²) in [6.07, 6.45) is 5.68. The number of rotatable bonds is 2. The van der Waals surface area contributed by atoms with Crippen molar-refractivity contribution >= 4 is 11.3 Å². The van der Waals surface area contributed by atoms with Gasteiger partial charge in [-0.1, -0.05) is 11.8 Å². The summed E-state index contributed by atoms with van der Waals surface area (Å²) in [4.78, 5) is 5.48. The third-order valence-electron chi connectivity index (χ3n) is 3.02. The molecule has 0 atom stereocenters. The van der Waals surface area contributed by atoms with Gasteiger partial charge in [0.25, 0.3) is 0 Å². The molecule has 0 fully saturated rings. The number of nitrogens with zero attached hydrogens (tertiary/aromatic N) is 4. The lowest BCUT2D eigenvalue weighted by Crippen LogP contribution is -1.95. The van der Waals surface area contributed by atoms with Crippen molar-refractivity contribution in [1.82, 2.24) is 19.3 Å². The average molecular weight is 298 g/mol.